The van der Waals surface area contributed by atoms with E-state index < -0.39 is 0 Å². The lowest BCUT2D eigenvalue weighted by atomic mass is 10.1. The van der Waals surface area contributed by atoms with Crippen LogP contribution in [0.5, 0.6) is 0 Å². The molecule has 1 amide bonds. The first-order valence-corrected chi connectivity index (χ1v) is 7.14. The van der Waals surface area contributed by atoms with Crippen molar-refractivity contribution in [1.29, 1.82) is 0 Å². The second kappa shape index (κ2) is 7.48. The van der Waals surface area contributed by atoms with E-state index in [4.69, 9.17) is 0 Å². The Morgan fingerprint density at radius 2 is 2.05 bits per heavy atom. The molecule has 1 aromatic carbocycles. The fourth-order valence-electron chi connectivity index (χ4n) is 2.02. The Labute approximate surface area is 119 Å². The van der Waals surface area contributed by atoms with Gasteiger partial charge in [-0.15, -0.1) is 0 Å². The summed E-state index contributed by atoms with van der Waals surface area (Å²) in [5.41, 5.74) is 1.85. The minimum absolute atomic E-state index is 0.00624. The maximum atomic E-state index is 11.9. The molecule has 1 heterocycles. The Balaban J connectivity index is 1.85. The molecule has 1 aromatic heterocycles. The summed E-state index contributed by atoms with van der Waals surface area (Å²) in [4.78, 5) is 11.9. The molecule has 4 nitrogen and oxygen atoms in total. The molecule has 0 aliphatic rings. The van der Waals surface area contributed by atoms with Crippen LogP contribution >= 0.6 is 0 Å². The number of nitrogens with one attached hydrogen (secondary N) is 1. The van der Waals surface area contributed by atoms with E-state index in [1.807, 2.05) is 41.2 Å². The monoisotopic (exact) mass is 271 g/mol. The number of unbranched alkanes of at least 4 members (excludes halogenated alkanes) is 2. The van der Waals surface area contributed by atoms with E-state index >= 15 is 0 Å². The first kappa shape index (κ1) is 14.3. The van der Waals surface area contributed by atoms with Gasteiger partial charge in [-0.3, -0.25) is 9.48 Å². The zero-order valence-corrected chi connectivity index (χ0v) is 11.9. The highest BCUT2D eigenvalue weighted by Gasteiger charge is 2.04. The minimum atomic E-state index is 0.00624. The molecule has 106 valence electrons. The minimum Gasteiger partial charge on any atom is -0.352 e. The number of carbonyl (C=O) groups is 1. The van der Waals surface area contributed by atoms with Gasteiger partial charge in [0.2, 0.25) is 0 Å². The van der Waals surface area contributed by atoms with Crippen LogP contribution in [-0.2, 0) is 6.54 Å². The molecule has 0 unspecified atom stereocenters. The van der Waals surface area contributed by atoms with Crippen molar-refractivity contribution < 1.29 is 4.79 Å². The Morgan fingerprint density at radius 3 is 2.70 bits per heavy atom. The smallest absolute Gasteiger partial charge is 0.251 e. The summed E-state index contributed by atoms with van der Waals surface area (Å²) in [6.07, 6.45) is 7.05. The zero-order chi connectivity index (χ0) is 14.2. The SMILES string of the molecule is CCCCCNC(=O)c1ccc(Cn2cccn2)cc1. The van der Waals surface area contributed by atoms with Crippen LogP contribution in [0.1, 0.15) is 42.1 Å². The number of aromatic nitrogens is 2. The number of amides is 1. The van der Waals surface area contributed by atoms with Crippen LogP contribution < -0.4 is 5.32 Å². The molecule has 0 saturated carbocycles. The topological polar surface area (TPSA) is 46.9 Å². The largest absolute Gasteiger partial charge is 0.352 e. The summed E-state index contributed by atoms with van der Waals surface area (Å²) in [7, 11) is 0. The lowest BCUT2D eigenvalue weighted by Gasteiger charge is -2.06. The van der Waals surface area contributed by atoms with Gasteiger partial charge in [0, 0.05) is 24.5 Å². The van der Waals surface area contributed by atoms with Crippen molar-refractivity contribution in [1.82, 2.24) is 15.1 Å². The highest BCUT2D eigenvalue weighted by Crippen LogP contribution is 2.06. The molecule has 1 N–H and O–H groups in total. The molecule has 20 heavy (non-hydrogen) atoms. The van der Waals surface area contributed by atoms with Crippen molar-refractivity contribution in [3.8, 4) is 0 Å². The van der Waals surface area contributed by atoms with Gasteiger partial charge < -0.3 is 5.32 Å². The van der Waals surface area contributed by atoms with Gasteiger partial charge in [-0.1, -0.05) is 31.9 Å². The lowest BCUT2D eigenvalue weighted by Crippen LogP contribution is -2.24. The molecule has 2 rings (SSSR count). The summed E-state index contributed by atoms with van der Waals surface area (Å²) in [6, 6.07) is 9.59. The van der Waals surface area contributed by atoms with Crippen molar-refractivity contribution >= 4 is 5.91 Å². The van der Waals surface area contributed by atoms with Gasteiger partial charge in [0.25, 0.3) is 5.91 Å². The fourth-order valence-corrected chi connectivity index (χ4v) is 2.02. The molecule has 0 radical (unpaired) electrons. The van der Waals surface area contributed by atoms with Crippen molar-refractivity contribution in [2.45, 2.75) is 32.7 Å². The second-order valence-corrected chi connectivity index (χ2v) is 4.86. The van der Waals surface area contributed by atoms with Crippen molar-refractivity contribution in [2.75, 3.05) is 6.54 Å². The first-order chi connectivity index (χ1) is 9.79. The molecular weight excluding hydrogens is 250 g/mol. The van der Waals surface area contributed by atoms with Crippen LogP contribution in [0, 0.1) is 0 Å². The third-order valence-electron chi connectivity index (χ3n) is 3.19. The van der Waals surface area contributed by atoms with Gasteiger partial charge in [0.15, 0.2) is 0 Å². The summed E-state index contributed by atoms with van der Waals surface area (Å²) < 4.78 is 1.86. The molecule has 2 aromatic rings. The zero-order valence-electron chi connectivity index (χ0n) is 11.9. The third-order valence-corrected chi connectivity index (χ3v) is 3.19. The Kier molecular flexibility index (Phi) is 5.35. The average molecular weight is 271 g/mol. The predicted molar refractivity (Wildman–Crippen MR) is 79.6 cm³/mol. The third kappa shape index (κ3) is 4.23. The number of rotatable bonds is 7. The highest BCUT2D eigenvalue weighted by atomic mass is 16.1. The Bertz CT molecular complexity index is 517. The van der Waals surface area contributed by atoms with Gasteiger partial charge in [-0.25, -0.2) is 0 Å². The molecule has 0 fully saturated rings. The molecule has 0 atom stereocenters. The molecular formula is C16H21N3O. The number of nitrogens with zero attached hydrogens (tertiary/aromatic N) is 2. The normalized spacial score (nSPS) is 10.4. The van der Waals surface area contributed by atoms with E-state index in [1.54, 1.807) is 6.20 Å². The first-order valence-electron chi connectivity index (χ1n) is 7.14. The van der Waals surface area contributed by atoms with Crippen molar-refractivity contribution in [3.05, 3.63) is 53.9 Å². The van der Waals surface area contributed by atoms with E-state index in [0.29, 0.717) is 5.56 Å². The van der Waals surface area contributed by atoms with Gasteiger partial charge in [0.1, 0.15) is 0 Å². The van der Waals surface area contributed by atoms with E-state index in [-0.39, 0.29) is 5.91 Å². The fraction of sp³-hybridized carbons (Fsp3) is 0.375. The van der Waals surface area contributed by atoms with Crippen LogP contribution in [-0.4, -0.2) is 22.2 Å². The predicted octanol–water partition coefficient (Wildman–Crippen LogP) is 2.85. The number of hydrogen-bond donors (Lipinski definition) is 1. The standard InChI is InChI=1S/C16H21N3O/c1-2-3-4-10-17-16(20)15-8-6-14(7-9-15)13-19-12-5-11-18-19/h5-9,11-12H,2-4,10,13H2,1H3,(H,17,20). The summed E-state index contributed by atoms with van der Waals surface area (Å²) >= 11 is 0. The van der Waals surface area contributed by atoms with Gasteiger partial charge in [0.05, 0.1) is 6.54 Å². The number of benzene rings is 1. The van der Waals surface area contributed by atoms with E-state index in [9.17, 15) is 4.79 Å². The lowest BCUT2D eigenvalue weighted by molar-refractivity contribution is 0.0953. The van der Waals surface area contributed by atoms with Gasteiger partial charge in [-0.2, -0.15) is 5.10 Å². The van der Waals surface area contributed by atoms with Crippen molar-refractivity contribution in [3.63, 3.8) is 0 Å². The molecule has 4 heteroatoms. The molecule has 0 aliphatic carbocycles. The van der Waals surface area contributed by atoms with Crippen LogP contribution in [0.15, 0.2) is 42.7 Å². The molecule has 0 aliphatic heterocycles. The average Bonchev–Trinajstić information content (AvgIpc) is 2.97. The Hall–Kier alpha value is -2.10. The van der Waals surface area contributed by atoms with Crippen molar-refractivity contribution in [2.24, 2.45) is 0 Å². The summed E-state index contributed by atoms with van der Waals surface area (Å²) in [5.74, 6) is 0.00624. The maximum absolute atomic E-state index is 11.9. The van der Waals surface area contributed by atoms with Gasteiger partial charge >= 0.3 is 0 Å². The quantitative estimate of drug-likeness (QED) is 0.787. The highest BCUT2D eigenvalue weighted by molar-refractivity contribution is 5.94. The maximum Gasteiger partial charge on any atom is 0.251 e. The van der Waals surface area contributed by atoms with E-state index in [0.717, 1.165) is 37.9 Å². The number of carbonyl (C=O) groups excluding carboxylic acids is 1. The molecule has 0 bridgehead atoms. The number of hydrogen-bond acceptors (Lipinski definition) is 2. The van der Waals surface area contributed by atoms with Crippen LogP contribution in [0.3, 0.4) is 0 Å². The van der Waals surface area contributed by atoms with E-state index in [1.165, 1.54) is 0 Å². The summed E-state index contributed by atoms with van der Waals surface area (Å²) in [6.45, 7) is 3.63. The van der Waals surface area contributed by atoms with Crippen LogP contribution in [0.2, 0.25) is 0 Å². The van der Waals surface area contributed by atoms with Crippen LogP contribution in [0.4, 0.5) is 0 Å². The summed E-state index contributed by atoms with van der Waals surface area (Å²) in [5, 5.41) is 7.11. The van der Waals surface area contributed by atoms with Gasteiger partial charge in [-0.05, 0) is 30.2 Å². The second-order valence-electron chi connectivity index (χ2n) is 4.86. The molecule has 0 spiro atoms. The Morgan fingerprint density at radius 1 is 1.25 bits per heavy atom. The van der Waals surface area contributed by atoms with E-state index in [2.05, 4.69) is 17.3 Å². The van der Waals surface area contributed by atoms with Crippen LogP contribution in [0.25, 0.3) is 0 Å². The molecule has 0 saturated heterocycles.